The van der Waals surface area contributed by atoms with Crippen LogP contribution in [0.4, 0.5) is 4.79 Å². The molecule has 1 fully saturated rings. The first-order chi connectivity index (χ1) is 9.77. The van der Waals surface area contributed by atoms with Crippen molar-refractivity contribution in [3.8, 4) is 0 Å². The van der Waals surface area contributed by atoms with Gasteiger partial charge in [-0.1, -0.05) is 0 Å². The Kier molecular flexibility index (Phi) is 6.10. The van der Waals surface area contributed by atoms with Gasteiger partial charge in [0.05, 0.1) is 0 Å². The van der Waals surface area contributed by atoms with E-state index in [2.05, 4.69) is 15.0 Å². The van der Waals surface area contributed by atoms with Gasteiger partial charge in [-0.3, -0.25) is 10.1 Å². The number of urea groups is 1. The normalized spacial score (nSPS) is 16.2. The Morgan fingerprint density at radius 2 is 1.81 bits per heavy atom. The molecule has 0 aromatic rings. The summed E-state index contributed by atoms with van der Waals surface area (Å²) in [7, 11) is 5.59. The van der Waals surface area contributed by atoms with Gasteiger partial charge in [0.15, 0.2) is 0 Å². The molecule has 0 spiro atoms. The highest BCUT2D eigenvalue weighted by molar-refractivity contribution is 5.94. The SMILES string of the molecule is CN(CC1(N(C)C)CCC1)C(=O)NC(=O)COCC(=O)O. The maximum atomic E-state index is 11.9. The smallest absolute Gasteiger partial charge is 0.329 e. The Hall–Kier alpha value is -1.67. The van der Waals surface area contributed by atoms with E-state index in [1.807, 2.05) is 14.1 Å². The van der Waals surface area contributed by atoms with Crippen molar-refractivity contribution >= 4 is 17.9 Å². The van der Waals surface area contributed by atoms with Crippen molar-refractivity contribution in [3.05, 3.63) is 0 Å². The number of likely N-dealkylation sites (N-methyl/N-ethyl adjacent to an activating group) is 2. The van der Waals surface area contributed by atoms with E-state index in [9.17, 15) is 14.4 Å². The molecule has 0 bridgehead atoms. The Labute approximate surface area is 124 Å². The number of ether oxygens (including phenoxy) is 1. The van der Waals surface area contributed by atoms with Gasteiger partial charge in [-0.2, -0.15) is 0 Å². The molecule has 0 saturated heterocycles. The summed E-state index contributed by atoms with van der Waals surface area (Å²) in [4.78, 5) is 37.1. The fourth-order valence-electron chi connectivity index (χ4n) is 2.33. The van der Waals surface area contributed by atoms with Crippen molar-refractivity contribution in [2.75, 3.05) is 40.9 Å². The molecule has 1 saturated carbocycles. The summed E-state index contributed by atoms with van der Waals surface area (Å²) in [6, 6.07) is -0.507. The molecule has 0 heterocycles. The lowest BCUT2D eigenvalue weighted by molar-refractivity contribution is -0.143. The summed E-state index contributed by atoms with van der Waals surface area (Å²) >= 11 is 0. The van der Waals surface area contributed by atoms with E-state index in [1.54, 1.807) is 7.05 Å². The molecule has 0 aromatic carbocycles. The van der Waals surface area contributed by atoms with Gasteiger partial charge in [-0.15, -0.1) is 0 Å². The number of aliphatic carboxylic acids is 1. The molecule has 3 amide bonds. The minimum atomic E-state index is -1.16. The van der Waals surface area contributed by atoms with Gasteiger partial charge in [0.25, 0.3) is 5.91 Å². The summed E-state index contributed by atoms with van der Waals surface area (Å²) in [5.74, 6) is -1.82. The number of carboxylic acids is 1. The van der Waals surface area contributed by atoms with Crippen LogP contribution in [0.2, 0.25) is 0 Å². The average Bonchev–Trinajstić information content (AvgIpc) is 2.32. The number of imide groups is 1. The van der Waals surface area contributed by atoms with Crippen molar-refractivity contribution < 1.29 is 24.2 Å². The van der Waals surface area contributed by atoms with Gasteiger partial charge in [0.1, 0.15) is 13.2 Å². The van der Waals surface area contributed by atoms with Crippen molar-refractivity contribution in [3.63, 3.8) is 0 Å². The number of hydrogen-bond acceptors (Lipinski definition) is 5. The van der Waals surface area contributed by atoms with Crippen molar-refractivity contribution in [1.29, 1.82) is 0 Å². The second-order valence-electron chi connectivity index (χ2n) is 5.57. The minimum absolute atomic E-state index is 0.0189. The van der Waals surface area contributed by atoms with Crippen molar-refractivity contribution in [2.45, 2.75) is 24.8 Å². The van der Waals surface area contributed by atoms with E-state index in [1.165, 1.54) is 4.90 Å². The molecule has 8 heteroatoms. The highest BCUT2D eigenvalue weighted by Gasteiger charge is 2.40. The lowest BCUT2D eigenvalue weighted by Gasteiger charge is -2.49. The monoisotopic (exact) mass is 301 g/mol. The molecule has 0 aromatic heterocycles. The molecule has 8 nitrogen and oxygen atoms in total. The number of nitrogens with one attached hydrogen (secondary N) is 1. The first-order valence-electron chi connectivity index (χ1n) is 6.79. The van der Waals surface area contributed by atoms with Gasteiger partial charge in [0, 0.05) is 19.1 Å². The van der Waals surface area contributed by atoms with Crippen LogP contribution in [-0.4, -0.2) is 79.3 Å². The van der Waals surface area contributed by atoms with Crippen molar-refractivity contribution in [1.82, 2.24) is 15.1 Å². The number of carbonyl (C=O) groups excluding carboxylic acids is 2. The predicted molar refractivity (Wildman–Crippen MR) is 74.9 cm³/mol. The Balaban J connectivity index is 2.37. The van der Waals surface area contributed by atoms with E-state index in [0.29, 0.717) is 6.54 Å². The Morgan fingerprint density at radius 1 is 1.19 bits per heavy atom. The van der Waals surface area contributed by atoms with Crippen LogP contribution in [0.5, 0.6) is 0 Å². The van der Waals surface area contributed by atoms with E-state index in [-0.39, 0.29) is 5.54 Å². The van der Waals surface area contributed by atoms with Crippen LogP contribution in [0.15, 0.2) is 0 Å². The summed E-state index contributed by atoms with van der Waals surface area (Å²) < 4.78 is 4.62. The van der Waals surface area contributed by atoms with Crippen LogP contribution in [0.25, 0.3) is 0 Å². The molecule has 2 N–H and O–H groups in total. The number of carboxylic acid groups (broad SMARTS) is 1. The molecule has 1 aliphatic rings. The number of nitrogens with zero attached hydrogens (tertiary/aromatic N) is 2. The second kappa shape index (κ2) is 7.37. The quantitative estimate of drug-likeness (QED) is 0.672. The zero-order chi connectivity index (χ0) is 16.0. The van der Waals surface area contributed by atoms with Gasteiger partial charge < -0.3 is 19.6 Å². The molecule has 0 unspecified atom stereocenters. The molecule has 1 rings (SSSR count). The highest BCUT2D eigenvalue weighted by Crippen LogP contribution is 2.36. The first-order valence-corrected chi connectivity index (χ1v) is 6.79. The fraction of sp³-hybridized carbons (Fsp3) is 0.769. The highest BCUT2D eigenvalue weighted by atomic mass is 16.5. The summed E-state index contributed by atoms with van der Waals surface area (Å²) in [6.45, 7) is -0.485. The average molecular weight is 301 g/mol. The van der Waals surface area contributed by atoms with Gasteiger partial charge in [-0.05, 0) is 33.4 Å². The van der Waals surface area contributed by atoms with Crippen LogP contribution < -0.4 is 5.32 Å². The van der Waals surface area contributed by atoms with E-state index in [0.717, 1.165) is 19.3 Å². The summed E-state index contributed by atoms with van der Waals surface area (Å²) in [5.41, 5.74) is -0.0189. The van der Waals surface area contributed by atoms with Crippen LogP contribution in [0, 0.1) is 0 Å². The van der Waals surface area contributed by atoms with Crippen LogP contribution in [-0.2, 0) is 14.3 Å². The Bertz CT molecular complexity index is 407. The molecular formula is C13H23N3O5. The number of hydrogen-bond donors (Lipinski definition) is 2. The van der Waals surface area contributed by atoms with E-state index >= 15 is 0 Å². The zero-order valence-electron chi connectivity index (χ0n) is 12.7. The molecule has 0 atom stereocenters. The standard InChI is InChI=1S/C13H23N3O5/c1-15(2)13(5-4-6-13)9-16(3)12(20)14-10(17)7-21-8-11(18)19/h4-9H2,1-3H3,(H,18,19)(H,14,17,20). The van der Waals surface area contributed by atoms with Gasteiger partial charge in [0.2, 0.25) is 0 Å². The zero-order valence-corrected chi connectivity index (χ0v) is 12.7. The third kappa shape index (κ3) is 4.98. The lowest BCUT2D eigenvalue weighted by atomic mass is 9.75. The second-order valence-corrected chi connectivity index (χ2v) is 5.57. The van der Waals surface area contributed by atoms with Crippen molar-refractivity contribution in [2.24, 2.45) is 0 Å². The minimum Gasteiger partial charge on any atom is -0.480 e. The number of amides is 3. The lowest BCUT2D eigenvalue weighted by Crippen LogP contribution is -2.58. The van der Waals surface area contributed by atoms with Crippen LogP contribution in [0.3, 0.4) is 0 Å². The molecule has 120 valence electrons. The molecule has 21 heavy (non-hydrogen) atoms. The molecule has 0 radical (unpaired) electrons. The Morgan fingerprint density at radius 3 is 2.24 bits per heavy atom. The largest absolute Gasteiger partial charge is 0.480 e. The molecule has 1 aliphatic carbocycles. The van der Waals surface area contributed by atoms with Gasteiger partial charge >= 0.3 is 12.0 Å². The third-order valence-electron chi connectivity index (χ3n) is 3.82. The maximum absolute atomic E-state index is 11.9. The summed E-state index contributed by atoms with van der Waals surface area (Å²) in [6.07, 6.45) is 3.18. The van der Waals surface area contributed by atoms with Gasteiger partial charge in [-0.25, -0.2) is 9.59 Å². The van der Waals surface area contributed by atoms with E-state index < -0.39 is 31.1 Å². The summed E-state index contributed by atoms with van der Waals surface area (Å²) in [5, 5.41) is 10.5. The first kappa shape index (κ1) is 17.4. The topological polar surface area (TPSA) is 99.2 Å². The third-order valence-corrected chi connectivity index (χ3v) is 3.82. The molecular weight excluding hydrogens is 278 g/mol. The van der Waals surface area contributed by atoms with Crippen LogP contribution >= 0.6 is 0 Å². The van der Waals surface area contributed by atoms with E-state index in [4.69, 9.17) is 5.11 Å². The molecule has 0 aliphatic heterocycles. The van der Waals surface area contributed by atoms with Crippen LogP contribution in [0.1, 0.15) is 19.3 Å². The number of carbonyl (C=O) groups is 3. The number of rotatable bonds is 7. The predicted octanol–water partition coefficient (Wildman–Crippen LogP) is -0.260. The fourth-order valence-corrected chi connectivity index (χ4v) is 2.33. The maximum Gasteiger partial charge on any atom is 0.329 e.